The summed E-state index contributed by atoms with van der Waals surface area (Å²) >= 11 is 12.0. The van der Waals surface area contributed by atoms with Crippen LogP contribution in [0.2, 0.25) is 10.0 Å². The minimum Gasteiger partial charge on any atom is -0.505 e. The van der Waals surface area contributed by atoms with Gasteiger partial charge in [-0.1, -0.05) is 23.2 Å². The third-order valence-electron chi connectivity index (χ3n) is 3.50. The normalized spacial score (nSPS) is 16.9. The highest BCUT2D eigenvalue weighted by atomic mass is 35.5. The summed E-state index contributed by atoms with van der Waals surface area (Å²) < 4.78 is 5.37. The van der Waals surface area contributed by atoms with Crippen LogP contribution in [0.3, 0.4) is 0 Å². The van der Waals surface area contributed by atoms with E-state index in [2.05, 4.69) is 16.3 Å². The van der Waals surface area contributed by atoms with E-state index in [1.807, 2.05) is 6.92 Å². The average molecular weight is 337 g/mol. The molecule has 22 heavy (non-hydrogen) atoms. The van der Waals surface area contributed by atoms with Crippen LogP contribution in [0.5, 0.6) is 11.6 Å². The van der Waals surface area contributed by atoms with Crippen molar-refractivity contribution in [3.8, 4) is 17.7 Å². The molecule has 0 unspecified atom stereocenters. The van der Waals surface area contributed by atoms with Crippen LogP contribution in [0, 0.1) is 18.3 Å². The van der Waals surface area contributed by atoms with Gasteiger partial charge >= 0.3 is 0 Å². The zero-order chi connectivity index (χ0) is 16.0. The molecule has 2 aromatic rings. The zero-order valence-electron chi connectivity index (χ0n) is 11.3. The molecular formula is C14H10Cl2N4O2. The van der Waals surface area contributed by atoms with Crippen LogP contribution in [-0.2, 0) is 0 Å². The second-order valence-electron chi connectivity index (χ2n) is 4.83. The molecule has 0 bridgehead atoms. The van der Waals surface area contributed by atoms with Gasteiger partial charge in [-0.3, -0.25) is 5.10 Å². The van der Waals surface area contributed by atoms with Gasteiger partial charge in [0.15, 0.2) is 5.75 Å². The van der Waals surface area contributed by atoms with Gasteiger partial charge in [-0.15, -0.1) is 5.10 Å². The smallest absolute Gasteiger partial charge is 0.244 e. The van der Waals surface area contributed by atoms with Gasteiger partial charge < -0.3 is 15.6 Å². The number of benzene rings is 1. The summed E-state index contributed by atoms with van der Waals surface area (Å²) in [5.74, 6) is -0.451. The molecule has 1 aromatic heterocycles. The number of ether oxygens (including phenoxy) is 1. The number of aryl methyl sites for hydroxylation is 1. The summed E-state index contributed by atoms with van der Waals surface area (Å²) in [4.78, 5) is 0. The van der Waals surface area contributed by atoms with Crippen LogP contribution in [0.4, 0.5) is 0 Å². The Hall–Kier alpha value is -2.36. The van der Waals surface area contributed by atoms with Gasteiger partial charge in [0, 0.05) is 11.3 Å². The predicted octanol–water partition coefficient (Wildman–Crippen LogP) is 2.95. The van der Waals surface area contributed by atoms with Crippen molar-refractivity contribution >= 4 is 23.2 Å². The third-order valence-corrected chi connectivity index (χ3v) is 4.08. The number of aromatic amines is 1. The molecule has 1 aliphatic rings. The summed E-state index contributed by atoms with van der Waals surface area (Å²) in [6.07, 6.45) is 0. The highest BCUT2D eigenvalue weighted by Crippen LogP contribution is 2.45. The topological polar surface area (TPSA) is 108 Å². The Labute approximate surface area is 135 Å². The molecule has 2 heterocycles. The number of aromatic nitrogens is 2. The lowest BCUT2D eigenvalue weighted by Crippen LogP contribution is -2.21. The molecule has 0 radical (unpaired) electrons. The fourth-order valence-electron chi connectivity index (χ4n) is 2.48. The number of nitrogens with two attached hydrogens (primary N) is 1. The number of nitrogens with one attached hydrogen (secondary N) is 1. The average Bonchev–Trinajstić information content (AvgIpc) is 2.83. The Morgan fingerprint density at radius 3 is 2.64 bits per heavy atom. The van der Waals surface area contributed by atoms with Crippen LogP contribution >= 0.6 is 23.2 Å². The van der Waals surface area contributed by atoms with Crippen molar-refractivity contribution in [2.75, 3.05) is 0 Å². The van der Waals surface area contributed by atoms with E-state index < -0.39 is 5.92 Å². The molecule has 3 rings (SSSR count). The quantitative estimate of drug-likeness (QED) is 0.741. The number of nitriles is 1. The molecule has 0 aliphatic carbocycles. The molecule has 1 atom stereocenters. The molecule has 0 spiro atoms. The Morgan fingerprint density at radius 1 is 1.41 bits per heavy atom. The maximum Gasteiger partial charge on any atom is 0.244 e. The number of phenols is 1. The van der Waals surface area contributed by atoms with Crippen molar-refractivity contribution in [3.05, 3.63) is 50.5 Å². The first-order valence-corrected chi connectivity index (χ1v) is 7.00. The second kappa shape index (κ2) is 5.13. The first-order valence-electron chi connectivity index (χ1n) is 6.24. The Morgan fingerprint density at radius 2 is 2.05 bits per heavy atom. The summed E-state index contributed by atoms with van der Waals surface area (Å²) in [7, 11) is 0. The summed E-state index contributed by atoms with van der Waals surface area (Å²) in [6, 6.07) is 5.14. The van der Waals surface area contributed by atoms with E-state index in [0.717, 1.165) is 5.69 Å². The molecule has 1 aromatic carbocycles. The molecule has 112 valence electrons. The Bertz CT molecular complexity index is 828. The maximum atomic E-state index is 9.71. The predicted molar refractivity (Wildman–Crippen MR) is 80.7 cm³/mol. The van der Waals surface area contributed by atoms with Gasteiger partial charge in [-0.25, -0.2) is 0 Å². The Kier molecular flexibility index (Phi) is 3.39. The van der Waals surface area contributed by atoms with E-state index in [-0.39, 0.29) is 27.3 Å². The van der Waals surface area contributed by atoms with E-state index in [4.69, 9.17) is 33.7 Å². The number of H-pyrrole nitrogens is 1. The van der Waals surface area contributed by atoms with Crippen molar-refractivity contribution in [3.63, 3.8) is 0 Å². The summed E-state index contributed by atoms with van der Waals surface area (Å²) in [5.41, 5.74) is 8.08. The lowest BCUT2D eigenvalue weighted by Gasteiger charge is -2.24. The first-order chi connectivity index (χ1) is 10.4. The maximum absolute atomic E-state index is 9.71. The summed E-state index contributed by atoms with van der Waals surface area (Å²) in [6.45, 7) is 1.81. The van der Waals surface area contributed by atoms with Crippen molar-refractivity contribution in [1.82, 2.24) is 10.2 Å². The van der Waals surface area contributed by atoms with Crippen molar-refractivity contribution in [2.45, 2.75) is 12.8 Å². The number of phenolic OH excluding ortho intramolecular Hbond substituents is 1. The number of allylic oxidation sites excluding steroid dienone is 1. The SMILES string of the molecule is Cc1[nH]nc2c1[C@H](c1cc(Cl)c(O)c(Cl)c1)C(C#N)=C(N)O2. The Balaban J connectivity index is 2.28. The standard InChI is InChI=1S/C14H10Cl2N4O2/c1-5-10-11(6-2-8(15)12(21)9(16)3-6)7(4-17)13(18)22-14(10)20-19-5/h2-3,11,21H,18H2,1H3,(H,19,20)/t11-/m1/s1. The zero-order valence-corrected chi connectivity index (χ0v) is 12.8. The number of fused-ring (bicyclic) bond motifs is 1. The van der Waals surface area contributed by atoms with Gasteiger partial charge in [-0.05, 0) is 24.6 Å². The molecule has 6 nitrogen and oxygen atoms in total. The van der Waals surface area contributed by atoms with Gasteiger partial charge in [0.2, 0.25) is 11.8 Å². The van der Waals surface area contributed by atoms with Gasteiger partial charge in [-0.2, -0.15) is 5.26 Å². The van der Waals surface area contributed by atoms with Crippen LogP contribution < -0.4 is 10.5 Å². The number of rotatable bonds is 1. The number of halogens is 2. The minimum absolute atomic E-state index is 0.0215. The molecular weight excluding hydrogens is 327 g/mol. The second-order valence-corrected chi connectivity index (χ2v) is 5.64. The number of hydrogen-bond donors (Lipinski definition) is 3. The molecule has 8 heteroatoms. The van der Waals surface area contributed by atoms with Gasteiger partial charge in [0.25, 0.3) is 0 Å². The van der Waals surface area contributed by atoms with E-state index >= 15 is 0 Å². The van der Waals surface area contributed by atoms with Crippen LogP contribution in [-0.4, -0.2) is 15.3 Å². The molecule has 0 saturated carbocycles. The molecule has 0 amide bonds. The fraction of sp³-hybridized carbons (Fsp3) is 0.143. The summed E-state index contributed by atoms with van der Waals surface area (Å²) in [5, 5.41) is 26.1. The van der Waals surface area contributed by atoms with Crippen LogP contribution in [0.1, 0.15) is 22.7 Å². The number of aromatic hydroxyl groups is 1. The monoisotopic (exact) mass is 336 g/mol. The lowest BCUT2D eigenvalue weighted by atomic mass is 9.84. The van der Waals surface area contributed by atoms with Crippen LogP contribution in [0.15, 0.2) is 23.6 Å². The molecule has 0 saturated heterocycles. The molecule has 0 fully saturated rings. The largest absolute Gasteiger partial charge is 0.505 e. The fourth-order valence-corrected chi connectivity index (χ4v) is 2.99. The van der Waals surface area contributed by atoms with E-state index in [1.165, 1.54) is 0 Å². The van der Waals surface area contributed by atoms with Gasteiger partial charge in [0.1, 0.15) is 11.6 Å². The number of nitrogens with zero attached hydrogens (tertiary/aromatic N) is 2. The van der Waals surface area contributed by atoms with Gasteiger partial charge in [0.05, 0.1) is 16.0 Å². The van der Waals surface area contributed by atoms with E-state index in [1.54, 1.807) is 12.1 Å². The first kappa shape index (κ1) is 14.6. The lowest BCUT2D eigenvalue weighted by molar-refractivity contribution is 0.378. The van der Waals surface area contributed by atoms with Crippen molar-refractivity contribution in [2.24, 2.45) is 5.73 Å². The minimum atomic E-state index is -0.525. The van der Waals surface area contributed by atoms with Crippen molar-refractivity contribution < 1.29 is 9.84 Å². The highest BCUT2D eigenvalue weighted by Gasteiger charge is 2.34. The molecule has 1 aliphatic heterocycles. The van der Waals surface area contributed by atoms with Crippen LogP contribution in [0.25, 0.3) is 0 Å². The third kappa shape index (κ3) is 2.06. The molecule has 4 N–H and O–H groups in total. The van der Waals surface area contributed by atoms with E-state index in [0.29, 0.717) is 17.0 Å². The number of hydrogen-bond acceptors (Lipinski definition) is 5. The van der Waals surface area contributed by atoms with E-state index in [9.17, 15) is 10.4 Å². The highest BCUT2D eigenvalue weighted by molar-refractivity contribution is 6.37. The van der Waals surface area contributed by atoms with Crippen molar-refractivity contribution in [1.29, 1.82) is 5.26 Å².